The summed E-state index contributed by atoms with van der Waals surface area (Å²) in [7, 11) is 3.09. The van der Waals surface area contributed by atoms with E-state index in [9.17, 15) is 4.79 Å². The molecule has 0 saturated carbocycles. The summed E-state index contributed by atoms with van der Waals surface area (Å²) in [4.78, 5) is 17.8. The van der Waals surface area contributed by atoms with E-state index in [1.165, 1.54) is 7.11 Å². The van der Waals surface area contributed by atoms with Gasteiger partial charge in [-0.05, 0) is 62.6 Å². The molecule has 2 aromatic carbocycles. The number of carbonyl (C=O) groups excluding carboxylic acids is 1. The summed E-state index contributed by atoms with van der Waals surface area (Å²) in [6.07, 6.45) is 3.01. The maximum atomic E-state index is 13.1. The minimum atomic E-state index is -0.309. The lowest BCUT2D eigenvalue weighted by Gasteiger charge is -2.15. The number of aryl methyl sites for hydroxylation is 4. The standard InChI is InChI=1S/C26H33N5O3/c1-7-12-31-16-21(19(4)30-31)15-27-26(28-22-13-17(2)8-9-18(22)3)29-25(32)20-10-11-23(33-5)24(14-20)34-6/h8-11,13-14,16H,7,12,15H2,1-6H3,(H2,27,28,29,32). The molecule has 1 amide bonds. The number of benzene rings is 2. The first-order valence-corrected chi connectivity index (χ1v) is 11.3. The van der Waals surface area contributed by atoms with Gasteiger partial charge in [0, 0.05) is 29.6 Å². The Bertz CT molecular complexity index is 1180. The van der Waals surface area contributed by atoms with Gasteiger partial charge in [0.05, 0.1) is 26.5 Å². The molecule has 180 valence electrons. The molecule has 1 aromatic heterocycles. The quantitative estimate of drug-likeness (QED) is 0.375. The summed E-state index contributed by atoms with van der Waals surface area (Å²) in [6.45, 7) is 9.36. The first kappa shape index (κ1) is 24.8. The number of nitrogens with zero attached hydrogens (tertiary/aromatic N) is 3. The second-order valence-corrected chi connectivity index (χ2v) is 8.13. The van der Waals surface area contributed by atoms with Crippen LogP contribution in [0, 0.1) is 20.8 Å². The zero-order chi connectivity index (χ0) is 24.7. The van der Waals surface area contributed by atoms with Gasteiger partial charge in [-0.1, -0.05) is 19.1 Å². The molecule has 2 N–H and O–H groups in total. The number of methoxy groups -OCH3 is 2. The van der Waals surface area contributed by atoms with Crippen molar-refractivity contribution in [3.05, 3.63) is 70.5 Å². The van der Waals surface area contributed by atoms with Crippen LogP contribution in [0.5, 0.6) is 11.5 Å². The van der Waals surface area contributed by atoms with E-state index >= 15 is 0 Å². The topological polar surface area (TPSA) is 89.8 Å². The molecule has 3 rings (SSSR count). The first-order chi connectivity index (χ1) is 16.3. The lowest BCUT2D eigenvalue weighted by atomic mass is 10.1. The fourth-order valence-electron chi connectivity index (χ4n) is 3.49. The number of rotatable bonds is 8. The van der Waals surface area contributed by atoms with E-state index in [0.717, 1.165) is 41.0 Å². The molecule has 0 saturated heterocycles. The smallest absolute Gasteiger partial charge is 0.258 e. The molecular weight excluding hydrogens is 430 g/mol. The average molecular weight is 464 g/mol. The van der Waals surface area contributed by atoms with Gasteiger partial charge in [-0.3, -0.25) is 14.8 Å². The van der Waals surface area contributed by atoms with Gasteiger partial charge in [-0.2, -0.15) is 5.10 Å². The lowest BCUT2D eigenvalue weighted by Crippen LogP contribution is -2.36. The van der Waals surface area contributed by atoms with Crippen LogP contribution in [0.4, 0.5) is 5.69 Å². The van der Waals surface area contributed by atoms with Crippen LogP contribution in [0.15, 0.2) is 47.6 Å². The molecule has 0 fully saturated rings. The van der Waals surface area contributed by atoms with E-state index in [-0.39, 0.29) is 5.91 Å². The number of carbonyl (C=O) groups is 1. The first-order valence-electron chi connectivity index (χ1n) is 11.3. The summed E-state index contributed by atoms with van der Waals surface area (Å²) >= 11 is 0. The largest absolute Gasteiger partial charge is 0.493 e. The van der Waals surface area contributed by atoms with Crippen LogP contribution in [0.3, 0.4) is 0 Å². The number of ether oxygens (including phenoxy) is 2. The molecular formula is C26H33N5O3. The van der Waals surface area contributed by atoms with Gasteiger partial charge in [0.25, 0.3) is 5.91 Å². The predicted octanol–water partition coefficient (Wildman–Crippen LogP) is 4.63. The lowest BCUT2D eigenvalue weighted by molar-refractivity contribution is 0.0976. The van der Waals surface area contributed by atoms with Crippen molar-refractivity contribution in [3.63, 3.8) is 0 Å². The Kier molecular flexibility index (Phi) is 8.29. The molecule has 0 unspecified atom stereocenters. The highest BCUT2D eigenvalue weighted by Gasteiger charge is 2.14. The molecule has 0 radical (unpaired) electrons. The van der Waals surface area contributed by atoms with Crippen molar-refractivity contribution in [2.75, 3.05) is 19.5 Å². The van der Waals surface area contributed by atoms with Gasteiger partial charge < -0.3 is 14.8 Å². The van der Waals surface area contributed by atoms with Crippen LogP contribution in [0.25, 0.3) is 0 Å². The van der Waals surface area contributed by atoms with E-state index < -0.39 is 0 Å². The summed E-state index contributed by atoms with van der Waals surface area (Å²) in [5, 5.41) is 10.8. The highest BCUT2D eigenvalue weighted by atomic mass is 16.5. The molecule has 34 heavy (non-hydrogen) atoms. The highest BCUT2D eigenvalue weighted by Crippen LogP contribution is 2.27. The molecule has 8 nitrogen and oxygen atoms in total. The van der Waals surface area contributed by atoms with Crippen LogP contribution in [-0.4, -0.2) is 35.9 Å². The number of aromatic nitrogens is 2. The summed E-state index contributed by atoms with van der Waals surface area (Å²) < 4.78 is 12.5. The van der Waals surface area contributed by atoms with Crippen molar-refractivity contribution in [2.45, 2.75) is 47.2 Å². The molecule has 1 heterocycles. The van der Waals surface area contributed by atoms with Crippen molar-refractivity contribution in [3.8, 4) is 11.5 Å². The number of hydrogen-bond donors (Lipinski definition) is 2. The number of anilines is 1. The Balaban J connectivity index is 1.88. The van der Waals surface area contributed by atoms with E-state index in [4.69, 9.17) is 14.5 Å². The van der Waals surface area contributed by atoms with Crippen LogP contribution in [-0.2, 0) is 13.1 Å². The molecule has 0 atom stereocenters. The zero-order valence-corrected chi connectivity index (χ0v) is 20.7. The maximum absolute atomic E-state index is 13.1. The monoisotopic (exact) mass is 463 g/mol. The molecule has 0 aliphatic rings. The zero-order valence-electron chi connectivity index (χ0n) is 20.7. The van der Waals surface area contributed by atoms with Gasteiger partial charge in [0.15, 0.2) is 11.5 Å². The van der Waals surface area contributed by atoms with Crippen LogP contribution in [0.2, 0.25) is 0 Å². The summed E-state index contributed by atoms with van der Waals surface area (Å²) in [5.74, 6) is 1.09. The van der Waals surface area contributed by atoms with E-state index in [2.05, 4.69) is 22.7 Å². The van der Waals surface area contributed by atoms with E-state index in [0.29, 0.717) is 29.6 Å². The van der Waals surface area contributed by atoms with Crippen LogP contribution < -0.4 is 20.1 Å². The summed E-state index contributed by atoms with van der Waals surface area (Å²) in [6, 6.07) is 11.1. The average Bonchev–Trinajstić information content (AvgIpc) is 3.18. The third-order valence-electron chi connectivity index (χ3n) is 5.43. The van der Waals surface area contributed by atoms with Gasteiger partial charge in [-0.15, -0.1) is 0 Å². The molecule has 0 bridgehead atoms. The minimum Gasteiger partial charge on any atom is -0.493 e. The SMILES string of the molecule is CCCn1cc(CN=C(NC(=O)c2ccc(OC)c(OC)c2)Nc2cc(C)ccc2C)c(C)n1. The van der Waals surface area contributed by atoms with E-state index in [1.54, 1.807) is 25.3 Å². The van der Waals surface area contributed by atoms with Crippen molar-refractivity contribution in [1.82, 2.24) is 15.1 Å². The van der Waals surface area contributed by atoms with Crippen molar-refractivity contribution in [1.29, 1.82) is 0 Å². The fraction of sp³-hybridized carbons (Fsp3) is 0.346. The maximum Gasteiger partial charge on any atom is 0.258 e. The Morgan fingerprint density at radius 2 is 1.82 bits per heavy atom. The van der Waals surface area contributed by atoms with Gasteiger partial charge in [-0.25, -0.2) is 4.99 Å². The Hall–Kier alpha value is -3.81. The number of nitrogens with one attached hydrogen (secondary N) is 2. The normalized spacial score (nSPS) is 11.3. The number of amides is 1. The van der Waals surface area contributed by atoms with Crippen molar-refractivity contribution in [2.24, 2.45) is 4.99 Å². The van der Waals surface area contributed by atoms with Crippen molar-refractivity contribution >= 4 is 17.6 Å². The van der Waals surface area contributed by atoms with Gasteiger partial charge in [0.2, 0.25) is 5.96 Å². The van der Waals surface area contributed by atoms with Crippen LogP contribution in [0.1, 0.15) is 46.1 Å². The second kappa shape index (κ2) is 11.4. The number of hydrogen-bond acceptors (Lipinski definition) is 5. The van der Waals surface area contributed by atoms with Gasteiger partial charge in [0.1, 0.15) is 0 Å². The predicted molar refractivity (Wildman–Crippen MR) is 135 cm³/mol. The third kappa shape index (κ3) is 6.15. The molecule has 0 aliphatic heterocycles. The molecule has 0 aliphatic carbocycles. The summed E-state index contributed by atoms with van der Waals surface area (Å²) in [5.41, 5.74) is 5.40. The van der Waals surface area contributed by atoms with Crippen molar-refractivity contribution < 1.29 is 14.3 Å². The van der Waals surface area contributed by atoms with Gasteiger partial charge >= 0.3 is 0 Å². The minimum absolute atomic E-state index is 0.309. The second-order valence-electron chi connectivity index (χ2n) is 8.13. The Morgan fingerprint density at radius 3 is 2.53 bits per heavy atom. The molecule has 3 aromatic rings. The third-order valence-corrected chi connectivity index (χ3v) is 5.43. The highest BCUT2D eigenvalue weighted by molar-refractivity contribution is 6.10. The van der Waals surface area contributed by atoms with Crippen LogP contribution >= 0.6 is 0 Å². The Morgan fingerprint density at radius 1 is 1.06 bits per heavy atom. The fourth-order valence-corrected chi connectivity index (χ4v) is 3.49. The Labute approximate surface area is 201 Å². The number of aliphatic imine (C=N–C) groups is 1. The molecule has 8 heteroatoms. The molecule has 0 spiro atoms. The van der Waals surface area contributed by atoms with E-state index in [1.807, 2.05) is 49.8 Å². The number of guanidine groups is 1.